The first-order valence-corrected chi connectivity index (χ1v) is 6.68. The molecule has 1 aliphatic rings. The van der Waals surface area contributed by atoms with Gasteiger partial charge in [0, 0.05) is 25.2 Å². The number of hydrogen-bond acceptors (Lipinski definition) is 2. The number of amides is 2. The third-order valence-corrected chi connectivity index (χ3v) is 3.68. The van der Waals surface area contributed by atoms with E-state index < -0.39 is 5.97 Å². The molecule has 2 atom stereocenters. The number of carbonyl (C=O) groups excluding carboxylic acids is 1. The van der Waals surface area contributed by atoms with Crippen molar-refractivity contribution >= 4 is 12.0 Å². The van der Waals surface area contributed by atoms with Crippen LogP contribution in [0.1, 0.15) is 40.5 Å². The fourth-order valence-corrected chi connectivity index (χ4v) is 2.57. The van der Waals surface area contributed by atoms with Crippen LogP contribution < -0.4 is 0 Å². The normalized spacial score (nSPS) is 24.2. The molecule has 1 rings (SSSR count). The summed E-state index contributed by atoms with van der Waals surface area (Å²) in [5.41, 5.74) is 0. The Morgan fingerprint density at radius 3 is 2.44 bits per heavy atom. The number of nitrogens with zero attached hydrogens (tertiary/aromatic N) is 2. The molecule has 5 heteroatoms. The first kappa shape index (κ1) is 14.8. The fraction of sp³-hybridized carbons (Fsp3) is 0.846. The van der Waals surface area contributed by atoms with Gasteiger partial charge in [0.2, 0.25) is 0 Å². The number of carbonyl (C=O) groups is 2. The Morgan fingerprint density at radius 2 is 2.06 bits per heavy atom. The molecule has 0 aromatic heterocycles. The van der Waals surface area contributed by atoms with Gasteiger partial charge in [-0.15, -0.1) is 0 Å². The lowest BCUT2D eigenvalue weighted by molar-refractivity contribution is -0.143. The smallest absolute Gasteiger partial charge is 0.320 e. The van der Waals surface area contributed by atoms with Crippen molar-refractivity contribution in [3.05, 3.63) is 0 Å². The summed E-state index contributed by atoms with van der Waals surface area (Å²) in [6, 6.07) is 0.205. The molecule has 18 heavy (non-hydrogen) atoms. The highest BCUT2D eigenvalue weighted by molar-refractivity contribution is 5.76. The molecule has 0 aromatic carbocycles. The van der Waals surface area contributed by atoms with Gasteiger partial charge in [-0.3, -0.25) is 4.79 Å². The Hall–Kier alpha value is -1.26. The number of carboxylic acids is 1. The lowest BCUT2D eigenvalue weighted by atomic mass is 9.92. The zero-order valence-electron chi connectivity index (χ0n) is 11.7. The molecule has 1 saturated heterocycles. The maximum Gasteiger partial charge on any atom is 0.320 e. The van der Waals surface area contributed by atoms with Crippen LogP contribution in [0.15, 0.2) is 0 Å². The Morgan fingerprint density at radius 1 is 1.44 bits per heavy atom. The summed E-state index contributed by atoms with van der Waals surface area (Å²) < 4.78 is 0. The van der Waals surface area contributed by atoms with Crippen LogP contribution in [-0.2, 0) is 4.79 Å². The second kappa shape index (κ2) is 6.07. The molecular formula is C13H24N2O3. The predicted octanol–water partition coefficient (Wildman–Crippen LogP) is 2.02. The van der Waals surface area contributed by atoms with Crippen LogP contribution >= 0.6 is 0 Å². The van der Waals surface area contributed by atoms with E-state index in [1.807, 2.05) is 37.5 Å². The summed E-state index contributed by atoms with van der Waals surface area (Å²) in [4.78, 5) is 26.9. The first-order chi connectivity index (χ1) is 8.38. The highest BCUT2D eigenvalue weighted by Gasteiger charge is 2.34. The summed E-state index contributed by atoms with van der Waals surface area (Å²) in [7, 11) is 0. The molecule has 1 N–H and O–H groups in total. The second-order valence-electron chi connectivity index (χ2n) is 5.26. The fourth-order valence-electron chi connectivity index (χ4n) is 2.57. The Balaban J connectivity index is 2.68. The molecule has 5 nitrogen and oxygen atoms in total. The number of carboxylic acid groups (broad SMARTS) is 1. The standard InChI is InChI=1S/C13H24N2O3/c1-5-14(9(2)3)13(18)15-7-6-11(12(16)17)8-10(15)4/h9-11H,5-8H2,1-4H3,(H,16,17). The zero-order valence-corrected chi connectivity index (χ0v) is 11.7. The summed E-state index contributed by atoms with van der Waals surface area (Å²) in [5.74, 6) is -1.05. The zero-order chi connectivity index (χ0) is 13.9. The third-order valence-electron chi connectivity index (χ3n) is 3.68. The molecule has 0 spiro atoms. The van der Waals surface area contributed by atoms with Crippen LogP contribution in [0.2, 0.25) is 0 Å². The van der Waals surface area contributed by atoms with Gasteiger partial charge >= 0.3 is 12.0 Å². The van der Waals surface area contributed by atoms with Gasteiger partial charge in [-0.1, -0.05) is 0 Å². The quantitative estimate of drug-likeness (QED) is 0.840. The summed E-state index contributed by atoms with van der Waals surface area (Å²) in [6.45, 7) is 9.11. The maximum absolute atomic E-state index is 12.4. The van der Waals surface area contributed by atoms with Crippen LogP contribution in [0, 0.1) is 5.92 Å². The minimum absolute atomic E-state index is 0.000139. The molecule has 1 heterocycles. The van der Waals surface area contributed by atoms with Crippen molar-refractivity contribution in [1.82, 2.24) is 9.80 Å². The van der Waals surface area contributed by atoms with Gasteiger partial charge < -0.3 is 14.9 Å². The molecular weight excluding hydrogens is 232 g/mol. The topological polar surface area (TPSA) is 60.9 Å². The van der Waals surface area contributed by atoms with Gasteiger partial charge in [-0.25, -0.2) is 4.79 Å². The minimum Gasteiger partial charge on any atom is -0.481 e. The molecule has 2 amide bonds. The van der Waals surface area contributed by atoms with Crippen LogP contribution in [0.25, 0.3) is 0 Å². The van der Waals surface area contributed by atoms with Crippen molar-refractivity contribution in [3.8, 4) is 0 Å². The average Bonchev–Trinajstić information content (AvgIpc) is 2.28. The van der Waals surface area contributed by atoms with E-state index in [0.717, 1.165) is 0 Å². The van der Waals surface area contributed by atoms with E-state index >= 15 is 0 Å². The van der Waals surface area contributed by atoms with Crippen molar-refractivity contribution in [2.24, 2.45) is 5.92 Å². The summed E-state index contributed by atoms with van der Waals surface area (Å²) >= 11 is 0. The minimum atomic E-state index is -0.745. The van der Waals surface area contributed by atoms with E-state index in [9.17, 15) is 9.59 Å². The van der Waals surface area contributed by atoms with Crippen molar-refractivity contribution < 1.29 is 14.7 Å². The van der Waals surface area contributed by atoms with Gasteiger partial charge in [-0.05, 0) is 40.5 Å². The SMILES string of the molecule is CCN(C(=O)N1CCC(C(=O)O)CC1C)C(C)C. The van der Waals surface area contributed by atoms with Gasteiger partial charge in [-0.2, -0.15) is 0 Å². The number of hydrogen-bond donors (Lipinski definition) is 1. The Labute approximate surface area is 109 Å². The highest BCUT2D eigenvalue weighted by atomic mass is 16.4. The van der Waals surface area contributed by atoms with Gasteiger partial charge in [0.25, 0.3) is 0 Å². The molecule has 0 aliphatic carbocycles. The molecule has 1 aliphatic heterocycles. The van der Waals surface area contributed by atoms with Crippen LogP contribution in [0.5, 0.6) is 0 Å². The van der Waals surface area contributed by atoms with E-state index in [4.69, 9.17) is 5.11 Å². The molecule has 104 valence electrons. The number of urea groups is 1. The van der Waals surface area contributed by atoms with Crippen molar-refractivity contribution in [3.63, 3.8) is 0 Å². The van der Waals surface area contributed by atoms with E-state index in [1.54, 1.807) is 0 Å². The molecule has 2 unspecified atom stereocenters. The predicted molar refractivity (Wildman–Crippen MR) is 69.4 cm³/mol. The number of piperidine rings is 1. The van der Waals surface area contributed by atoms with Crippen molar-refractivity contribution in [1.29, 1.82) is 0 Å². The lowest BCUT2D eigenvalue weighted by Gasteiger charge is -2.40. The van der Waals surface area contributed by atoms with Crippen molar-refractivity contribution in [2.45, 2.75) is 52.6 Å². The van der Waals surface area contributed by atoms with E-state index in [1.165, 1.54) is 0 Å². The highest BCUT2D eigenvalue weighted by Crippen LogP contribution is 2.24. The maximum atomic E-state index is 12.4. The molecule has 1 fully saturated rings. The summed E-state index contributed by atoms with van der Waals surface area (Å²) in [5, 5.41) is 9.01. The summed E-state index contributed by atoms with van der Waals surface area (Å²) in [6.07, 6.45) is 1.11. The average molecular weight is 256 g/mol. The molecule has 0 saturated carbocycles. The molecule has 0 radical (unpaired) electrons. The van der Waals surface area contributed by atoms with E-state index in [-0.39, 0.29) is 24.0 Å². The monoisotopic (exact) mass is 256 g/mol. The van der Waals surface area contributed by atoms with Gasteiger partial charge in [0.05, 0.1) is 5.92 Å². The molecule has 0 bridgehead atoms. The number of rotatable bonds is 3. The number of likely N-dealkylation sites (tertiary alicyclic amines) is 1. The van der Waals surface area contributed by atoms with Gasteiger partial charge in [0.1, 0.15) is 0 Å². The van der Waals surface area contributed by atoms with Crippen molar-refractivity contribution in [2.75, 3.05) is 13.1 Å². The van der Waals surface area contributed by atoms with Crippen LogP contribution in [-0.4, -0.2) is 52.1 Å². The third kappa shape index (κ3) is 3.15. The lowest BCUT2D eigenvalue weighted by Crippen LogP contribution is -2.53. The Bertz CT molecular complexity index is 317. The van der Waals surface area contributed by atoms with Crippen LogP contribution in [0.4, 0.5) is 4.79 Å². The Kier molecular flexibility index (Phi) is 4.99. The van der Waals surface area contributed by atoms with Crippen LogP contribution in [0.3, 0.4) is 0 Å². The number of aliphatic carboxylic acids is 1. The largest absolute Gasteiger partial charge is 0.481 e. The van der Waals surface area contributed by atoms with E-state index in [0.29, 0.717) is 25.9 Å². The van der Waals surface area contributed by atoms with Gasteiger partial charge in [0.15, 0.2) is 0 Å². The molecule has 0 aromatic rings. The first-order valence-electron chi connectivity index (χ1n) is 6.68. The second-order valence-corrected chi connectivity index (χ2v) is 5.26. The van der Waals surface area contributed by atoms with E-state index in [2.05, 4.69) is 0 Å².